The summed E-state index contributed by atoms with van der Waals surface area (Å²) in [5.74, 6) is -0.159. The smallest absolute Gasteiger partial charge is 0.242 e. The van der Waals surface area contributed by atoms with E-state index in [0.717, 1.165) is 35.0 Å². The van der Waals surface area contributed by atoms with Gasteiger partial charge in [-0.25, -0.2) is 4.98 Å². The molecule has 4 N–H and O–H groups in total. The Kier molecular flexibility index (Phi) is 10.1. The summed E-state index contributed by atoms with van der Waals surface area (Å²) in [6.07, 6.45) is 3.03. The summed E-state index contributed by atoms with van der Waals surface area (Å²) in [4.78, 5) is 48.8. The SMILES string of the molecule is CCNC(=O)[C@H](NC(=O)C1(c2ccc3nc([C@@H](NC(=O)C(C)C)[C@H](c4ccccc4Cl)C4(C)CC4)[nH]c3c2)CCOCC1)C(C)C. The van der Waals surface area contributed by atoms with Crippen LogP contribution in [0.2, 0.25) is 5.02 Å². The molecule has 2 aliphatic rings. The molecular weight excluding hydrogens is 602 g/mol. The Labute approximate surface area is 277 Å². The fourth-order valence-electron chi connectivity index (χ4n) is 6.76. The molecule has 1 saturated carbocycles. The van der Waals surface area contributed by atoms with Gasteiger partial charge in [-0.2, -0.15) is 0 Å². The molecule has 46 heavy (non-hydrogen) atoms. The van der Waals surface area contributed by atoms with Gasteiger partial charge in [-0.3, -0.25) is 14.4 Å². The zero-order chi connectivity index (χ0) is 33.2. The van der Waals surface area contributed by atoms with Crippen molar-refractivity contribution in [2.45, 2.75) is 90.6 Å². The highest BCUT2D eigenvalue weighted by Crippen LogP contribution is 2.60. The van der Waals surface area contributed by atoms with Crippen LogP contribution in [-0.2, 0) is 24.5 Å². The van der Waals surface area contributed by atoms with E-state index in [9.17, 15) is 14.4 Å². The Morgan fingerprint density at radius 2 is 1.67 bits per heavy atom. The number of aromatic nitrogens is 2. The first-order valence-corrected chi connectivity index (χ1v) is 17.0. The van der Waals surface area contributed by atoms with Gasteiger partial charge in [0.15, 0.2) is 0 Å². The van der Waals surface area contributed by atoms with E-state index < -0.39 is 17.5 Å². The van der Waals surface area contributed by atoms with Gasteiger partial charge in [0.1, 0.15) is 11.9 Å². The fourth-order valence-corrected chi connectivity index (χ4v) is 7.02. The van der Waals surface area contributed by atoms with Gasteiger partial charge in [0, 0.05) is 36.6 Å². The molecule has 2 aromatic carbocycles. The summed E-state index contributed by atoms with van der Waals surface area (Å²) in [5.41, 5.74) is 2.43. The molecule has 2 heterocycles. The summed E-state index contributed by atoms with van der Waals surface area (Å²) in [7, 11) is 0. The number of imidazole rings is 1. The maximum absolute atomic E-state index is 14.1. The number of nitrogens with one attached hydrogen (secondary N) is 4. The van der Waals surface area contributed by atoms with Gasteiger partial charge in [-0.05, 0) is 73.3 Å². The Morgan fingerprint density at radius 3 is 2.28 bits per heavy atom. The summed E-state index contributed by atoms with van der Waals surface area (Å²) in [5, 5.41) is 9.92. The highest BCUT2D eigenvalue weighted by atomic mass is 35.5. The number of aromatic amines is 1. The Hall–Kier alpha value is -3.43. The standard InChI is InChI=1S/C36H48ClN5O4/c1-7-38-33(44)29(21(2)3)42-34(45)36(16-18-46-19-17-36)23-12-13-26-27(20-23)40-31(39-26)30(41-32(43)22(4)5)28(35(6)14-15-35)24-10-8-9-11-25(24)37/h8-13,20-22,28-30H,7,14-19H2,1-6H3,(H,38,44)(H,39,40)(H,41,43)(H,42,45)/t28-,29+,30-/m0/s1. The minimum Gasteiger partial charge on any atom is -0.381 e. The first kappa shape index (κ1) is 33.9. The number of H-pyrrole nitrogens is 1. The van der Waals surface area contributed by atoms with Crippen LogP contribution in [0.1, 0.15) is 96.1 Å². The van der Waals surface area contributed by atoms with Crippen molar-refractivity contribution in [3.63, 3.8) is 0 Å². The second-order valence-corrected chi connectivity index (χ2v) is 14.3. The third kappa shape index (κ3) is 6.81. The van der Waals surface area contributed by atoms with Crippen molar-refractivity contribution in [2.75, 3.05) is 19.8 Å². The number of carbonyl (C=O) groups excluding carboxylic acids is 3. The lowest BCUT2D eigenvalue weighted by atomic mass is 9.73. The van der Waals surface area contributed by atoms with Crippen molar-refractivity contribution in [3.8, 4) is 0 Å². The number of ether oxygens (including phenoxy) is 1. The van der Waals surface area contributed by atoms with E-state index in [2.05, 4.69) is 27.9 Å². The molecular formula is C36H48ClN5O4. The van der Waals surface area contributed by atoms with Gasteiger partial charge in [0.05, 0.1) is 22.5 Å². The number of rotatable bonds is 12. The maximum Gasteiger partial charge on any atom is 0.242 e. The van der Waals surface area contributed by atoms with Crippen molar-refractivity contribution in [1.29, 1.82) is 0 Å². The van der Waals surface area contributed by atoms with Crippen LogP contribution < -0.4 is 16.0 Å². The van der Waals surface area contributed by atoms with Crippen LogP contribution in [0.25, 0.3) is 11.0 Å². The molecule has 1 aliphatic carbocycles. The number of fused-ring (bicyclic) bond motifs is 1. The van der Waals surface area contributed by atoms with Crippen LogP contribution in [0.15, 0.2) is 42.5 Å². The van der Waals surface area contributed by atoms with E-state index in [4.69, 9.17) is 21.3 Å². The van der Waals surface area contributed by atoms with Crippen LogP contribution in [0.5, 0.6) is 0 Å². The molecule has 9 nitrogen and oxygen atoms in total. The van der Waals surface area contributed by atoms with Crippen molar-refractivity contribution in [2.24, 2.45) is 17.3 Å². The normalized spacial score (nSPS) is 19.0. The monoisotopic (exact) mass is 649 g/mol. The zero-order valence-electron chi connectivity index (χ0n) is 27.8. The fraction of sp³-hybridized carbons (Fsp3) is 0.556. The lowest BCUT2D eigenvalue weighted by Gasteiger charge is -2.37. The highest BCUT2D eigenvalue weighted by molar-refractivity contribution is 6.31. The molecule has 1 saturated heterocycles. The highest BCUT2D eigenvalue weighted by Gasteiger charge is 2.51. The second kappa shape index (κ2) is 13.7. The number of halogens is 1. The van der Waals surface area contributed by atoms with Crippen molar-refractivity contribution >= 4 is 40.4 Å². The number of nitrogens with zero attached hydrogens (tertiary/aromatic N) is 1. The Morgan fingerprint density at radius 1 is 0.978 bits per heavy atom. The summed E-state index contributed by atoms with van der Waals surface area (Å²) in [6, 6.07) is 12.7. The minimum atomic E-state index is -0.871. The molecule has 1 aromatic heterocycles. The largest absolute Gasteiger partial charge is 0.381 e. The van der Waals surface area contributed by atoms with Crippen molar-refractivity contribution < 1.29 is 19.1 Å². The average Bonchev–Trinajstić information content (AvgIpc) is 3.62. The van der Waals surface area contributed by atoms with Crippen molar-refractivity contribution in [3.05, 3.63) is 64.4 Å². The molecule has 0 unspecified atom stereocenters. The quantitative estimate of drug-likeness (QED) is 0.193. The van der Waals surface area contributed by atoms with E-state index in [1.165, 1.54) is 0 Å². The van der Waals surface area contributed by atoms with E-state index in [-0.39, 0.29) is 40.9 Å². The van der Waals surface area contributed by atoms with Gasteiger partial charge >= 0.3 is 0 Å². The van der Waals surface area contributed by atoms with E-state index in [1.807, 2.05) is 77.1 Å². The number of benzene rings is 2. The van der Waals surface area contributed by atoms with Gasteiger partial charge in [-0.1, -0.05) is 70.5 Å². The van der Waals surface area contributed by atoms with E-state index in [1.54, 1.807) is 0 Å². The first-order chi connectivity index (χ1) is 21.9. The van der Waals surface area contributed by atoms with Crippen LogP contribution in [0.4, 0.5) is 0 Å². The maximum atomic E-state index is 14.1. The number of amides is 3. The third-order valence-corrected chi connectivity index (χ3v) is 10.2. The molecule has 0 radical (unpaired) electrons. The van der Waals surface area contributed by atoms with Crippen LogP contribution in [-0.4, -0.2) is 53.5 Å². The molecule has 3 aromatic rings. The summed E-state index contributed by atoms with van der Waals surface area (Å²) < 4.78 is 5.70. The van der Waals surface area contributed by atoms with Crippen LogP contribution >= 0.6 is 11.6 Å². The molecule has 10 heteroatoms. The molecule has 248 valence electrons. The first-order valence-electron chi connectivity index (χ1n) is 16.6. The summed E-state index contributed by atoms with van der Waals surface area (Å²) >= 11 is 6.79. The molecule has 2 fully saturated rings. The topological polar surface area (TPSA) is 125 Å². The van der Waals surface area contributed by atoms with Crippen LogP contribution in [0, 0.1) is 17.3 Å². The number of carbonyl (C=O) groups is 3. The minimum absolute atomic E-state index is 0.0503. The van der Waals surface area contributed by atoms with Gasteiger partial charge in [0.25, 0.3) is 0 Å². The third-order valence-electron chi connectivity index (χ3n) is 9.90. The average molecular weight is 650 g/mol. The molecule has 0 spiro atoms. The number of likely N-dealkylation sites (N-methyl/N-ethyl adjacent to an activating group) is 1. The van der Waals surface area contributed by atoms with Gasteiger partial charge in [-0.15, -0.1) is 0 Å². The second-order valence-electron chi connectivity index (χ2n) is 13.9. The lowest BCUT2D eigenvalue weighted by molar-refractivity contribution is -0.135. The molecule has 1 aliphatic heterocycles. The van der Waals surface area contributed by atoms with Crippen molar-refractivity contribution in [1.82, 2.24) is 25.9 Å². The molecule has 3 atom stereocenters. The Balaban J connectivity index is 1.56. The van der Waals surface area contributed by atoms with Gasteiger partial charge in [0.2, 0.25) is 17.7 Å². The molecule has 0 bridgehead atoms. The summed E-state index contributed by atoms with van der Waals surface area (Å²) in [6.45, 7) is 13.1. The number of hydrogen-bond donors (Lipinski definition) is 4. The lowest BCUT2D eigenvalue weighted by Crippen LogP contribution is -2.56. The Bertz CT molecular complexity index is 1570. The molecule has 5 rings (SSSR count). The van der Waals surface area contributed by atoms with E-state index in [0.29, 0.717) is 43.4 Å². The van der Waals surface area contributed by atoms with Gasteiger partial charge < -0.3 is 25.7 Å². The predicted molar refractivity (Wildman–Crippen MR) is 181 cm³/mol. The van der Waals surface area contributed by atoms with Crippen LogP contribution in [0.3, 0.4) is 0 Å². The predicted octanol–water partition coefficient (Wildman–Crippen LogP) is 5.94. The molecule has 3 amide bonds. The number of hydrogen-bond acceptors (Lipinski definition) is 5. The van der Waals surface area contributed by atoms with E-state index >= 15 is 0 Å². The zero-order valence-corrected chi connectivity index (χ0v) is 28.6.